The van der Waals surface area contributed by atoms with Gasteiger partial charge in [0.2, 0.25) is 0 Å². The molecule has 0 atom stereocenters. The third kappa shape index (κ3) is 1.84. The number of hydrogen-bond donors (Lipinski definition) is 0. The van der Waals surface area contributed by atoms with Gasteiger partial charge in [0.05, 0.1) is 10.2 Å². The third-order valence-corrected chi connectivity index (χ3v) is 5.50. The number of nitrogens with zero attached hydrogens (tertiary/aromatic N) is 2. The summed E-state index contributed by atoms with van der Waals surface area (Å²) in [4.78, 5) is 5.78. The van der Waals surface area contributed by atoms with Crippen LogP contribution in [0.2, 0.25) is 0 Å². The monoisotopic (exact) mass is 406 g/mol. The minimum Gasteiger partial charge on any atom is -0.277 e. The first-order chi connectivity index (χ1) is 9.74. The van der Waals surface area contributed by atoms with Gasteiger partial charge in [-0.05, 0) is 40.2 Å². The maximum Gasteiger partial charge on any atom is 0.196 e. The van der Waals surface area contributed by atoms with Crippen molar-refractivity contribution < 1.29 is 0 Å². The lowest BCUT2D eigenvalue weighted by atomic mass is 10.2. The van der Waals surface area contributed by atoms with Gasteiger partial charge in [-0.2, -0.15) is 0 Å². The minimum absolute atomic E-state index is 0.981. The van der Waals surface area contributed by atoms with Crippen LogP contribution in [-0.4, -0.2) is 9.38 Å². The molecular weight excluding hydrogens is 400 g/mol. The van der Waals surface area contributed by atoms with Gasteiger partial charge in [0.15, 0.2) is 4.96 Å². The molecule has 0 aliphatic heterocycles. The number of para-hydroxylation sites is 1. The zero-order valence-corrected chi connectivity index (χ0v) is 14.2. The molecular formula is C15H8Br2N2S. The van der Waals surface area contributed by atoms with Crippen molar-refractivity contribution in [1.29, 1.82) is 0 Å². The van der Waals surface area contributed by atoms with E-state index in [0.29, 0.717) is 0 Å². The SMILES string of the molecule is Brc1ccc(-c2nc3sc4ccccc4n3c2Br)cc1. The zero-order valence-electron chi connectivity index (χ0n) is 10.2. The summed E-state index contributed by atoms with van der Waals surface area (Å²) in [6, 6.07) is 16.6. The third-order valence-electron chi connectivity index (χ3n) is 3.22. The molecule has 0 N–H and O–H groups in total. The first kappa shape index (κ1) is 12.6. The van der Waals surface area contributed by atoms with Gasteiger partial charge in [0.1, 0.15) is 10.3 Å². The number of imidazole rings is 1. The minimum atomic E-state index is 0.981. The molecule has 2 heterocycles. The quantitative estimate of drug-likeness (QED) is 0.393. The van der Waals surface area contributed by atoms with Crippen LogP contribution >= 0.6 is 43.2 Å². The van der Waals surface area contributed by atoms with Crippen molar-refractivity contribution in [2.45, 2.75) is 0 Å². The molecule has 0 fully saturated rings. The van der Waals surface area contributed by atoms with Crippen LogP contribution in [0.1, 0.15) is 0 Å². The lowest BCUT2D eigenvalue weighted by Gasteiger charge is -1.99. The Kier molecular flexibility index (Phi) is 2.94. The van der Waals surface area contributed by atoms with E-state index in [1.54, 1.807) is 11.3 Å². The molecule has 0 radical (unpaired) electrons. The lowest BCUT2D eigenvalue weighted by molar-refractivity contribution is 1.25. The Morgan fingerprint density at radius 3 is 2.50 bits per heavy atom. The van der Waals surface area contributed by atoms with Crippen molar-refractivity contribution in [3.05, 3.63) is 57.6 Å². The number of rotatable bonds is 1. The fourth-order valence-electron chi connectivity index (χ4n) is 2.28. The van der Waals surface area contributed by atoms with Crippen molar-refractivity contribution >= 4 is 58.4 Å². The fourth-order valence-corrected chi connectivity index (χ4v) is 4.36. The maximum atomic E-state index is 4.77. The van der Waals surface area contributed by atoms with Gasteiger partial charge in [0.25, 0.3) is 0 Å². The number of aromatic nitrogens is 2. The smallest absolute Gasteiger partial charge is 0.196 e. The highest BCUT2D eigenvalue weighted by Gasteiger charge is 2.15. The summed E-state index contributed by atoms with van der Waals surface area (Å²) in [6.07, 6.45) is 0. The van der Waals surface area contributed by atoms with E-state index in [1.165, 1.54) is 10.2 Å². The number of benzene rings is 2. The average molecular weight is 408 g/mol. The van der Waals surface area contributed by atoms with Crippen LogP contribution in [0.25, 0.3) is 26.4 Å². The fraction of sp³-hybridized carbons (Fsp3) is 0. The molecule has 0 saturated carbocycles. The van der Waals surface area contributed by atoms with E-state index in [-0.39, 0.29) is 0 Å². The normalized spacial score (nSPS) is 11.5. The molecule has 2 nitrogen and oxygen atoms in total. The van der Waals surface area contributed by atoms with Gasteiger partial charge in [-0.25, -0.2) is 4.98 Å². The summed E-state index contributed by atoms with van der Waals surface area (Å²) in [7, 11) is 0. The van der Waals surface area contributed by atoms with Crippen molar-refractivity contribution in [1.82, 2.24) is 9.38 Å². The van der Waals surface area contributed by atoms with Crippen LogP contribution in [0.4, 0.5) is 0 Å². The van der Waals surface area contributed by atoms with Crippen molar-refractivity contribution in [3.8, 4) is 11.3 Å². The van der Waals surface area contributed by atoms with E-state index >= 15 is 0 Å². The molecule has 0 aliphatic carbocycles. The van der Waals surface area contributed by atoms with Gasteiger partial charge < -0.3 is 0 Å². The van der Waals surface area contributed by atoms with Crippen LogP contribution in [0.15, 0.2) is 57.6 Å². The lowest BCUT2D eigenvalue weighted by Crippen LogP contribution is -1.82. The van der Waals surface area contributed by atoms with Gasteiger partial charge in [-0.1, -0.05) is 51.5 Å². The summed E-state index contributed by atoms with van der Waals surface area (Å²) >= 11 is 8.87. The van der Waals surface area contributed by atoms with E-state index in [4.69, 9.17) is 4.98 Å². The molecule has 0 aliphatic rings. The van der Waals surface area contributed by atoms with Gasteiger partial charge in [0, 0.05) is 10.0 Å². The second-order valence-electron chi connectivity index (χ2n) is 4.45. The summed E-state index contributed by atoms with van der Waals surface area (Å²) in [5, 5.41) is 0. The molecule has 5 heteroatoms. The molecule has 0 bridgehead atoms. The predicted molar refractivity (Wildman–Crippen MR) is 91.4 cm³/mol. The first-order valence-corrected chi connectivity index (χ1v) is 8.46. The topological polar surface area (TPSA) is 17.3 Å². The molecule has 2 aromatic carbocycles. The molecule has 98 valence electrons. The molecule has 0 spiro atoms. The van der Waals surface area contributed by atoms with E-state index in [0.717, 1.165) is 25.3 Å². The van der Waals surface area contributed by atoms with E-state index in [9.17, 15) is 0 Å². The Labute approximate surface area is 136 Å². The van der Waals surface area contributed by atoms with E-state index < -0.39 is 0 Å². The summed E-state index contributed by atoms with van der Waals surface area (Å²) in [5.41, 5.74) is 3.28. The summed E-state index contributed by atoms with van der Waals surface area (Å²) < 4.78 is 5.49. The second-order valence-corrected chi connectivity index (χ2v) is 7.12. The van der Waals surface area contributed by atoms with Crippen molar-refractivity contribution in [3.63, 3.8) is 0 Å². The Bertz CT molecular complexity index is 922. The average Bonchev–Trinajstić information content (AvgIpc) is 2.97. The first-order valence-electron chi connectivity index (χ1n) is 6.05. The summed E-state index contributed by atoms with van der Waals surface area (Å²) in [6.45, 7) is 0. The van der Waals surface area contributed by atoms with E-state index in [2.05, 4.69) is 72.7 Å². The van der Waals surface area contributed by atoms with Gasteiger partial charge in [-0.15, -0.1) is 0 Å². The molecule has 20 heavy (non-hydrogen) atoms. The van der Waals surface area contributed by atoms with Crippen molar-refractivity contribution in [2.24, 2.45) is 0 Å². The Morgan fingerprint density at radius 1 is 0.950 bits per heavy atom. The predicted octanol–water partition coefficient (Wildman–Crippen LogP) is 5.74. The Balaban J connectivity index is 2.02. The van der Waals surface area contributed by atoms with Crippen LogP contribution in [0.3, 0.4) is 0 Å². The van der Waals surface area contributed by atoms with Crippen LogP contribution < -0.4 is 0 Å². The second kappa shape index (κ2) is 4.69. The zero-order chi connectivity index (χ0) is 13.7. The maximum absolute atomic E-state index is 4.77. The molecule has 4 aromatic rings. The molecule has 2 aromatic heterocycles. The Morgan fingerprint density at radius 2 is 1.70 bits per heavy atom. The standard InChI is InChI=1S/C15H8Br2N2S/c16-10-7-5-9(6-8-10)13-14(17)19-11-3-1-2-4-12(11)20-15(19)18-13/h1-8H. The molecule has 0 amide bonds. The number of halogens is 2. The molecule has 4 rings (SSSR count). The summed E-state index contributed by atoms with van der Waals surface area (Å²) in [5.74, 6) is 0. The molecule has 0 saturated heterocycles. The highest BCUT2D eigenvalue weighted by Crippen LogP contribution is 2.35. The van der Waals surface area contributed by atoms with Gasteiger partial charge >= 0.3 is 0 Å². The van der Waals surface area contributed by atoms with Crippen LogP contribution in [0, 0.1) is 0 Å². The van der Waals surface area contributed by atoms with Crippen LogP contribution in [0.5, 0.6) is 0 Å². The highest BCUT2D eigenvalue weighted by atomic mass is 79.9. The molecule has 0 unspecified atom stereocenters. The Hall–Kier alpha value is -1.17. The van der Waals surface area contributed by atoms with E-state index in [1.807, 2.05) is 12.1 Å². The van der Waals surface area contributed by atoms with Crippen LogP contribution in [-0.2, 0) is 0 Å². The van der Waals surface area contributed by atoms with Gasteiger partial charge in [-0.3, -0.25) is 4.40 Å². The number of fused-ring (bicyclic) bond motifs is 3. The highest BCUT2D eigenvalue weighted by molar-refractivity contribution is 9.10. The number of hydrogen-bond acceptors (Lipinski definition) is 2. The van der Waals surface area contributed by atoms with Crippen molar-refractivity contribution in [2.75, 3.05) is 0 Å². The number of thiazole rings is 1. The largest absolute Gasteiger partial charge is 0.277 e.